The van der Waals surface area contributed by atoms with Gasteiger partial charge in [-0.15, -0.1) is 10.2 Å². The van der Waals surface area contributed by atoms with Gasteiger partial charge in [-0.1, -0.05) is 53.7 Å². The molecule has 1 saturated carbocycles. The molecule has 2 heterocycles. The van der Waals surface area contributed by atoms with Gasteiger partial charge >= 0.3 is 0 Å². The zero-order chi connectivity index (χ0) is 22.8. The average molecular weight is 479 g/mol. The first kappa shape index (κ1) is 21.7. The number of halogens is 1. The van der Waals surface area contributed by atoms with Crippen LogP contribution in [-0.4, -0.2) is 36.2 Å². The molecule has 1 N–H and O–H groups in total. The van der Waals surface area contributed by atoms with E-state index in [1.165, 1.54) is 11.8 Å². The SMILES string of the molecule is CCn1c(SCC(=O)Nc2cc(C3CC3)nn2-c2ccccc2)nnc1-c1cccc(Cl)c1. The minimum atomic E-state index is -0.116. The first-order valence-electron chi connectivity index (χ1n) is 10.9. The van der Waals surface area contributed by atoms with Crippen LogP contribution < -0.4 is 5.32 Å². The van der Waals surface area contributed by atoms with Crippen molar-refractivity contribution in [1.29, 1.82) is 0 Å². The van der Waals surface area contributed by atoms with Crippen LogP contribution in [0.25, 0.3) is 17.1 Å². The predicted octanol–water partition coefficient (Wildman–Crippen LogP) is 5.41. The Labute approximate surface area is 201 Å². The molecule has 0 spiro atoms. The molecule has 7 nitrogen and oxygen atoms in total. The first-order chi connectivity index (χ1) is 16.1. The molecule has 0 radical (unpaired) electrons. The number of nitrogens with one attached hydrogen (secondary N) is 1. The molecule has 0 unspecified atom stereocenters. The fourth-order valence-corrected chi connectivity index (χ4v) is 4.66. The second-order valence-electron chi connectivity index (χ2n) is 7.87. The van der Waals surface area contributed by atoms with Gasteiger partial charge in [0.1, 0.15) is 5.82 Å². The number of amides is 1. The van der Waals surface area contributed by atoms with Crippen molar-refractivity contribution in [2.24, 2.45) is 0 Å². The topological polar surface area (TPSA) is 77.6 Å². The summed E-state index contributed by atoms with van der Waals surface area (Å²) in [5.74, 6) is 2.01. The maximum absolute atomic E-state index is 12.8. The van der Waals surface area contributed by atoms with E-state index in [1.807, 2.05) is 76.8 Å². The van der Waals surface area contributed by atoms with E-state index in [2.05, 4.69) is 15.5 Å². The Hall–Kier alpha value is -3.10. The molecule has 1 aliphatic carbocycles. The van der Waals surface area contributed by atoms with Crippen LogP contribution in [0.3, 0.4) is 0 Å². The Morgan fingerprint density at radius 1 is 1.12 bits per heavy atom. The molecular formula is C24H23ClN6OS. The van der Waals surface area contributed by atoms with Crippen LogP contribution in [0.1, 0.15) is 31.4 Å². The molecule has 5 rings (SSSR count). The third kappa shape index (κ3) is 4.82. The van der Waals surface area contributed by atoms with Crippen LogP contribution in [0.2, 0.25) is 5.02 Å². The number of nitrogens with zero attached hydrogens (tertiary/aromatic N) is 5. The molecule has 1 fully saturated rings. The summed E-state index contributed by atoms with van der Waals surface area (Å²) in [5, 5.41) is 17.8. The zero-order valence-corrected chi connectivity index (χ0v) is 19.7. The largest absolute Gasteiger partial charge is 0.310 e. The Kier molecular flexibility index (Phi) is 6.20. The summed E-state index contributed by atoms with van der Waals surface area (Å²) in [7, 11) is 0. The summed E-state index contributed by atoms with van der Waals surface area (Å²) in [6.07, 6.45) is 2.30. The zero-order valence-electron chi connectivity index (χ0n) is 18.1. The van der Waals surface area contributed by atoms with Gasteiger partial charge in [0.2, 0.25) is 5.91 Å². The third-order valence-corrected chi connectivity index (χ3v) is 6.64. The Morgan fingerprint density at radius 3 is 2.67 bits per heavy atom. The van der Waals surface area contributed by atoms with Gasteiger partial charge in [0, 0.05) is 29.1 Å². The van der Waals surface area contributed by atoms with Crippen molar-refractivity contribution in [3.63, 3.8) is 0 Å². The number of rotatable bonds is 8. The van der Waals surface area contributed by atoms with E-state index < -0.39 is 0 Å². The highest BCUT2D eigenvalue weighted by atomic mass is 35.5. The smallest absolute Gasteiger partial charge is 0.236 e. The van der Waals surface area contributed by atoms with Crippen LogP contribution in [0.4, 0.5) is 5.82 Å². The van der Waals surface area contributed by atoms with Crippen molar-refractivity contribution in [1.82, 2.24) is 24.5 Å². The number of hydrogen-bond acceptors (Lipinski definition) is 5. The molecule has 2 aromatic carbocycles. The second kappa shape index (κ2) is 9.41. The van der Waals surface area contributed by atoms with Gasteiger partial charge in [-0.3, -0.25) is 4.79 Å². The highest BCUT2D eigenvalue weighted by Gasteiger charge is 2.28. The maximum atomic E-state index is 12.8. The van der Waals surface area contributed by atoms with Crippen molar-refractivity contribution < 1.29 is 4.79 Å². The summed E-state index contributed by atoms with van der Waals surface area (Å²) in [6, 6.07) is 19.4. The van der Waals surface area contributed by atoms with Gasteiger partial charge in [-0.2, -0.15) is 5.10 Å². The molecule has 0 saturated heterocycles. The molecule has 33 heavy (non-hydrogen) atoms. The van der Waals surface area contributed by atoms with Gasteiger partial charge in [0.15, 0.2) is 11.0 Å². The van der Waals surface area contributed by atoms with E-state index >= 15 is 0 Å². The van der Waals surface area contributed by atoms with Crippen LogP contribution >= 0.6 is 23.4 Å². The van der Waals surface area contributed by atoms with Crippen LogP contribution in [-0.2, 0) is 11.3 Å². The summed E-state index contributed by atoms with van der Waals surface area (Å²) >= 11 is 7.50. The fourth-order valence-electron chi connectivity index (χ4n) is 3.66. The monoisotopic (exact) mass is 478 g/mol. The van der Waals surface area contributed by atoms with Crippen LogP contribution in [0, 0.1) is 0 Å². The normalized spacial score (nSPS) is 13.3. The number of para-hydroxylation sites is 1. The minimum absolute atomic E-state index is 0.116. The van der Waals surface area contributed by atoms with Crippen LogP contribution in [0.15, 0.2) is 65.8 Å². The lowest BCUT2D eigenvalue weighted by atomic mass is 10.2. The molecule has 2 aromatic heterocycles. The average Bonchev–Trinajstić information content (AvgIpc) is 3.47. The lowest BCUT2D eigenvalue weighted by Gasteiger charge is -2.09. The highest BCUT2D eigenvalue weighted by molar-refractivity contribution is 7.99. The van der Waals surface area contributed by atoms with E-state index in [1.54, 1.807) is 0 Å². The number of hydrogen-bond donors (Lipinski definition) is 1. The first-order valence-corrected chi connectivity index (χ1v) is 12.3. The summed E-state index contributed by atoms with van der Waals surface area (Å²) in [6.45, 7) is 2.71. The number of carbonyl (C=O) groups is 1. The fraction of sp³-hybridized carbons (Fsp3) is 0.250. The highest BCUT2D eigenvalue weighted by Crippen LogP contribution is 2.40. The minimum Gasteiger partial charge on any atom is -0.310 e. The van der Waals surface area contributed by atoms with Gasteiger partial charge in [-0.25, -0.2) is 4.68 Å². The number of aromatic nitrogens is 5. The lowest BCUT2D eigenvalue weighted by molar-refractivity contribution is -0.113. The van der Waals surface area contributed by atoms with Gasteiger partial charge in [-0.05, 0) is 44.0 Å². The van der Waals surface area contributed by atoms with Crippen molar-refractivity contribution >= 4 is 35.1 Å². The van der Waals surface area contributed by atoms with E-state index in [-0.39, 0.29) is 11.7 Å². The van der Waals surface area contributed by atoms with E-state index in [0.29, 0.717) is 28.5 Å². The summed E-state index contributed by atoms with van der Waals surface area (Å²) in [4.78, 5) is 12.8. The van der Waals surface area contributed by atoms with Crippen molar-refractivity contribution in [2.45, 2.75) is 37.4 Å². The molecule has 1 aliphatic rings. The Balaban J connectivity index is 1.31. The molecule has 0 bridgehead atoms. The van der Waals surface area contributed by atoms with Gasteiger partial charge < -0.3 is 9.88 Å². The third-order valence-electron chi connectivity index (χ3n) is 5.44. The number of benzene rings is 2. The van der Waals surface area contributed by atoms with E-state index in [9.17, 15) is 4.79 Å². The lowest BCUT2D eigenvalue weighted by Crippen LogP contribution is -2.17. The van der Waals surface area contributed by atoms with Crippen molar-refractivity contribution in [2.75, 3.05) is 11.1 Å². The van der Waals surface area contributed by atoms with Crippen molar-refractivity contribution in [3.8, 4) is 17.1 Å². The van der Waals surface area contributed by atoms with Crippen LogP contribution in [0.5, 0.6) is 0 Å². The number of anilines is 1. The molecule has 0 aliphatic heterocycles. The standard InChI is InChI=1S/C24H23ClN6OS/c1-2-30-23(17-7-6-8-18(25)13-17)27-28-24(30)33-15-22(32)26-21-14-20(16-11-12-16)29-31(21)19-9-4-3-5-10-19/h3-10,13-14,16H,2,11-12,15H2,1H3,(H,26,32). The molecule has 168 valence electrons. The maximum Gasteiger partial charge on any atom is 0.236 e. The van der Waals surface area contributed by atoms with E-state index in [4.69, 9.17) is 16.7 Å². The summed E-state index contributed by atoms with van der Waals surface area (Å²) in [5.41, 5.74) is 2.84. The Bertz CT molecular complexity index is 1280. The summed E-state index contributed by atoms with van der Waals surface area (Å²) < 4.78 is 3.80. The molecular weight excluding hydrogens is 456 g/mol. The van der Waals surface area contributed by atoms with Gasteiger partial charge in [0.25, 0.3) is 0 Å². The second-order valence-corrected chi connectivity index (χ2v) is 9.25. The molecule has 0 atom stereocenters. The number of carbonyl (C=O) groups excluding carboxylic acids is 1. The molecule has 9 heteroatoms. The van der Waals surface area contributed by atoms with Gasteiger partial charge in [0.05, 0.1) is 17.1 Å². The Morgan fingerprint density at radius 2 is 1.94 bits per heavy atom. The predicted molar refractivity (Wildman–Crippen MR) is 131 cm³/mol. The number of thioether (sulfide) groups is 1. The van der Waals surface area contributed by atoms with Crippen molar-refractivity contribution in [3.05, 3.63) is 71.4 Å². The quantitative estimate of drug-likeness (QED) is 0.342. The van der Waals surface area contributed by atoms with E-state index in [0.717, 1.165) is 35.6 Å². The molecule has 1 amide bonds. The molecule has 4 aromatic rings.